The maximum Gasteiger partial charge on any atom is 0.221 e. The summed E-state index contributed by atoms with van der Waals surface area (Å²) in [5.41, 5.74) is 5.40. The molecule has 0 radical (unpaired) electrons. The lowest BCUT2D eigenvalue weighted by atomic mass is 9.90. The van der Waals surface area contributed by atoms with Crippen LogP contribution in [0.3, 0.4) is 0 Å². The number of pyridine rings is 1. The molecule has 0 spiro atoms. The number of thiophene rings is 1. The zero-order valence-corrected chi connectivity index (χ0v) is 12.0. The highest BCUT2D eigenvalue weighted by molar-refractivity contribution is 7.10. The summed E-state index contributed by atoms with van der Waals surface area (Å²) in [5.74, 6) is 0.775. The van der Waals surface area contributed by atoms with E-state index in [1.165, 1.54) is 21.6 Å². The van der Waals surface area contributed by atoms with Crippen molar-refractivity contribution in [3.63, 3.8) is 0 Å². The third-order valence-electron chi connectivity index (χ3n) is 3.96. The maximum absolute atomic E-state index is 5.90. The molecular formula is C16H16N2OS. The molecule has 102 valence electrons. The molecule has 0 aromatic carbocycles. The van der Waals surface area contributed by atoms with E-state index in [2.05, 4.69) is 27.8 Å². The summed E-state index contributed by atoms with van der Waals surface area (Å²) in [5, 5.41) is 5.60. The van der Waals surface area contributed by atoms with Crippen molar-refractivity contribution < 1.29 is 4.74 Å². The summed E-state index contributed by atoms with van der Waals surface area (Å²) in [7, 11) is 0. The van der Waals surface area contributed by atoms with Gasteiger partial charge >= 0.3 is 0 Å². The molecule has 0 saturated carbocycles. The Bertz CT molecular complexity index is 667. The fourth-order valence-electron chi connectivity index (χ4n) is 3.01. The average Bonchev–Trinajstić information content (AvgIpc) is 2.90. The summed E-state index contributed by atoms with van der Waals surface area (Å²) in [6.07, 6.45) is 4.03. The van der Waals surface area contributed by atoms with Gasteiger partial charge in [0.05, 0.1) is 0 Å². The summed E-state index contributed by atoms with van der Waals surface area (Å²) in [6.45, 7) is 2.76. The Hall–Kier alpha value is -1.65. The Kier molecular flexibility index (Phi) is 3.05. The Morgan fingerprint density at radius 1 is 1.15 bits per heavy atom. The van der Waals surface area contributed by atoms with Crippen molar-refractivity contribution in [1.82, 2.24) is 10.3 Å². The van der Waals surface area contributed by atoms with Crippen molar-refractivity contribution in [3.8, 4) is 5.88 Å². The average molecular weight is 284 g/mol. The fourth-order valence-corrected chi connectivity index (χ4v) is 3.80. The molecule has 1 N–H and O–H groups in total. The van der Waals surface area contributed by atoms with E-state index >= 15 is 0 Å². The molecule has 0 bridgehead atoms. The van der Waals surface area contributed by atoms with E-state index in [0.717, 1.165) is 37.4 Å². The molecule has 0 unspecified atom stereocenters. The summed E-state index contributed by atoms with van der Waals surface area (Å²) < 4.78 is 5.90. The SMILES string of the molecule is c1cnc2c(c1)C(=C1CCNCC1)c1ccsc1CO2. The summed E-state index contributed by atoms with van der Waals surface area (Å²) in [4.78, 5) is 5.73. The molecular weight excluding hydrogens is 268 g/mol. The number of hydrogen-bond acceptors (Lipinski definition) is 4. The zero-order chi connectivity index (χ0) is 13.4. The Morgan fingerprint density at radius 3 is 2.95 bits per heavy atom. The van der Waals surface area contributed by atoms with Crippen LogP contribution in [0.5, 0.6) is 5.88 Å². The van der Waals surface area contributed by atoms with Crippen LogP contribution in [0.4, 0.5) is 0 Å². The molecule has 0 atom stereocenters. The first kappa shape index (κ1) is 12.1. The van der Waals surface area contributed by atoms with Gasteiger partial charge in [-0.3, -0.25) is 0 Å². The van der Waals surface area contributed by atoms with Crippen molar-refractivity contribution in [2.24, 2.45) is 0 Å². The molecule has 4 rings (SSSR count). The lowest BCUT2D eigenvalue weighted by Gasteiger charge is -2.20. The summed E-state index contributed by atoms with van der Waals surface area (Å²) in [6, 6.07) is 6.37. The third-order valence-corrected chi connectivity index (χ3v) is 4.85. The van der Waals surface area contributed by atoms with E-state index in [9.17, 15) is 0 Å². The van der Waals surface area contributed by atoms with E-state index in [1.807, 2.05) is 12.3 Å². The largest absolute Gasteiger partial charge is 0.471 e. The first-order chi connectivity index (χ1) is 9.93. The van der Waals surface area contributed by atoms with Gasteiger partial charge in [0.15, 0.2) is 0 Å². The fraction of sp³-hybridized carbons (Fsp3) is 0.312. The van der Waals surface area contributed by atoms with Crippen LogP contribution in [0.1, 0.15) is 28.8 Å². The predicted octanol–water partition coefficient (Wildman–Crippen LogP) is 3.22. The van der Waals surface area contributed by atoms with Crippen molar-refractivity contribution in [2.45, 2.75) is 19.4 Å². The topological polar surface area (TPSA) is 34.2 Å². The number of aromatic nitrogens is 1. The molecule has 4 heteroatoms. The van der Waals surface area contributed by atoms with Crippen LogP contribution < -0.4 is 10.1 Å². The lowest BCUT2D eigenvalue weighted by Crippen LogP contribution is -2.23. The number of rotatable bonds is 0. The minimum Gasteiger partial charge on any atom is -0.471 e. The van der Waals surface area contributed by atoms with Crippen LogP contribution in [0.2, 0.25) is 0 Å². The van der Waals surface area contributed by atoms with Crippen LogP contribution in [-0.2, 0) is 6.61 Å². The van der Waals surface area contributed by atoms with Gasteiger partial charge < -0.3 is 10.1 Å². The molecule has 0 amide bonds. The number of nitrogens with zero attached hydrogens (tertiary/aromatic N) is 1. The second-order valence-electron chi connectivity index (χ2n) is 5.13. The molecule has 2 aliphatic heterocycles. The van der Waals surface area contributed by atoms with E-state index in [1.54, 1.807) is 11.3 Å². The molecule has 3 nitrogen and oxygen atoms in total. The van der Waals surface area contributed by atoms with E-state index < -0.39 is 0 Å². The minimum absolute atomic E-state index is 0.631. The van der Waals surface area contributed by atoms with Crippen molar-refractivity contribution in [2.75, 3.05) is 13.1 Å². The minimum atomic E-state index is 0.631. The van der Waals surface area contributed by atoms with Crippen LogP contribution in [0.15, 0.2) is 35.3 Å². The van der Waals surface area contributed by atoms with Crippen molar-refractivity contribution in [3.05, 3.63) is 51.4 Å². The van der Waals surface area contributed by atoms with E-state index in [0.29, 0.717) is 6.61 Å². The van der Waals surface area contributed by atoms with Gasteiger partial charge in [-0.2, -0.15) is 0 Å². The Morgan fingerprint density at radius 2 is 2.05 bits per heavy atom. The molecule has 0 aliphatic carbocycles. The number of ether oxygens (including phenoxy) is 1. The lowest BCUT2D eigenvalue weighted by molar-refractivity contribution is 0.298. The summed E-state index contributed by atoms with van der Waals surface area (Å²) >= 11 is 1.77. The van der Waals surface area contributed by atoms with E-state index in [4.69, 9.17) is 4.74 Å². The number of piperidine rings is 1. The highest BCUT2D eigenvalue weighted by atomic mass is 32.1. The van der Waals surface area contributed by atoms with Crippen molar-refractivity contribution in [1.29, 1.82) is 0 Å². The van der Waals surface area contributed by atoms with Gasteiger partial charge in [-0.1, -0.05) is 5.57 Å². The monoisotopic (exact) mass is 284 g/mol. The number of hydrogen-bond donors (Lipinski definition) is 1. The smallest absolute Gasteiger partial charge is 0.221 e. The van der Waals surface area contributed by atoms with Gasteiger partial charge in [-0.05, 0) is 60.6 Å². The molecule has 1 fully saturated rings. The molecule has 2 aromatic rings. The Labute approximate surface area is 122 Å². The van der Waals surface area contributed by atoms with Crippen molar-refractivity contribution >= 4 is 16.9 Å². The van der Waals surface area contributed by atoms with Crippen LogP contribution >= 0.6 is 11.3 Å². The second kappa shape index (κ2) is 5.04. The van der Waals surface area contributed by atoms with Gasteiger partial charge in [-0.15, -0.1) is 11.3 Å². The van der Waals surface area contributed by atoms with Gasteiger partial charge in [-0.25, -0.2) is 4.98 Å². The number of nitrogens with one attached hydrogen (secondary N) is 1. The van der Waals surface area contributed by atoms with Gasteiger partial charge in [0.25, 0.3) is 0 Å². The van der Waals surface area contributed by atoms with Gasteiger partial charge in [0.2, 0.25) is 5.88 Å². The number of fused-ring (bicyclic) bond motifs is 2. The maximum atomic E-state index is 5.90. The molecule has 4 heterocycles. The highest BCUT2D eigenvalue weighted by Crippen LogP contribution is 2.40. The standard InChI is InChI=1S/C16H16N2OS/c1-2-13-15(11-3-7-17-8-4-11)12-5-9-20-14(12)10-19-16(13)18-6-1/h1-2,5-6,9,17H,3-4,7-8,10H2. The first-order valence-corrected chi connectivity index (χ1v) is 7.89. The molecule has 1 saturated heterocycles. The first-order valence-electron chi connectivity index (χ1n) is 7.01. The van der Waals surface area contributed by atoms with Crippen LogP contribution in [0.25, 0.3) is 5.57 Å². The van der Waals surface area contributed by atoms with E-state index in [-0.39, 0.29) is 0 Å². The highest BCUT2D eigenvalue weighted by Gasteiger charge is 2.24. The quantitative estimate of drug-likeness (QED) is 0.806. The Balaban J connectivity index is 1.96. The zero-order valence-electron chi connectivity index (χ0n) is 11.2. The molecule has 2 aromatic heterocycles. The third kappa shape index (κ3) is 1.96. The molecule has 2 aliphatic rings. The van der Waals surface area contributed by atoms with Gasteiger partial charge in [0.1, 0.15) is 6.61 Å². The normalized spacial score (nSPS) is 18.0. The van der Waals surface area contributed by atoms with Gasteiger partial charge in [0, 0.05) is 16.6 Å². The van der Waals surface area contributed by atoms with Crippen LogP contribution in [0, 0.1) is 0 Å². The molecule has 20 heavy (non-hydrogen) atoms. The second-order valence-corrected chi connectivity index (χ2v) is 6.13. The predicted molar refractivity (Wildman–Crippen MR) is 81.0 cm³/mol. The van der Waals surface area contributed by atoms with Crippen LogP contribution in [-0.4, -0.2) is 18.1 Å².